The Kier molecular flexibility index (Phi) is 5.67. The number of benzene rings is 5. The lowest BCUT2D eigenvalue weighted by Crippen LogP contribution is -2.24. The fourth-order valence-corrected chi connectivity index (χ4v) is 5.73. The average molecular weight is 518 g/mol. The molecule has 40 heavy (non-hydrogen) atoms. The Morgan fingerprint density at radius 1 is 0.450 bits per heavy atom. The van der Waals surface area contributed by atoms with E-state index in [0.717, 1.165) is 28.0 Å². The molecule has 2 heterocycles. The van der Waals surface area contributed by atoms with Gasteiger partial charge in [0.15, 0.2) is 0 Å². The molecule has 0 atom stereocenters. The number of para-hydroxylation sites is 1. The number of aromatic nitrogens is 1. The fourth-order valence-electron chi connectivity index (χ4n) is 5.73. The van der Waals surface area contributed by atoms with Crippen molar-refractivity contribution in [2.24, 2.45) is 0 Å². The zero-order chi connectivity index (χ0) is 27.4. The summed E-state index contributed by atoms with van der Waals surface area (Å²) in [7, 11) is 0. The summed E-state index contributed by atoms with van der Waals surface area (Å²) in [4.78, 5) is 9.66. The van der Waals surface area contributed by atoms with Gasteiger partial charge in [-0.05, 0) is 110 Å². The Bertz CT molecular complexity index is 1850. The third-order valence-corrected chi connectivity index (χ3v) is 8.19. The zero-order valence-corrected chi connectivity index (χ0v) is 23.3. The highest BCUT2D eigenvalue weighted by atomic mass is 15.3. The number of fused-ring (bicyclic) bond motifs is 3. The molecule has 0 radical (unpaired) electrons. The molecule has 0 unspecified atom stereocenters. The molecule has 194 valence electrons. The Balaban J connectivity index is 1.47. The van der Waals surface area contributed by atoms with Crippen LogP contribution in [0.15, 0.2) is 115 Å². The quantitative estimate of drug-likeness (QED) is 0.232. The molecular weight excluding hydrogens is 486 g/mol. The van der Waals surface area contributed by atoms with Crippen molar-refractivity contribution in [2.45, 2.75) is 27.7 Å². The maximum atomic E-state index is 4.83. The van der Waals surface area contributed by atoms with Crippen LogP contribution in [0, 0.1) is 27.7 Å². The predicted molar refractivity (Wildman–Crippen MR) is 169 cm³/mol. The number of pyridine rings is 1. The molecule has 1 aromatic heterocycles. The van der Waals surface area contributed by atoms with E-state index < -0.39 is 0 Å². The molecule has 0 aliphatic carbocycles. The summed E-state index contributed by atoms with van der Waals surface area (Å²) >= 11 is 0. The first-order valence-electron chi connectivity index (χ1n) is 13.8. The van der Waals surface area contributed by atoms with Gasteiger partial charge in [0.25, 0.3) is 0 Å². The fraction of sp³-hybridized carbons (Fsp3) is 0.108. The minimum Gasteiger partial charge on any atom is -0.306 e. The first-order chi connectivity index (χ1) is 19.5. The lowest BCUT2D eigenvalue weighted by molar-refractivity contribution is 1.14. The number of rotatable bonds is 3. The van der Waals surface area contributed by atoms with Crippen molar-refractivity contribution >= 4 is 44.9 Å². The van der Waals surface area contributed by atoms with Crippen LogP contribution < -0.4 is 9.80 Å². The lowest BCUT2D eigenvalue weighted by Gasteiger charge is -2.41. The van der Waals surface area contributed by atoms with Gasteiger partial charge in [0, 0.05) is 28.5 Å². The summed E-state index contributed by atoms with van der Waals surface area (Å²) in [6.45, 7) is 8.80. The molecule has 0 N–H and O–H groups in total. The molecule has 0 fully saturated rings. The Morgan fingerprint density at radius 2 is 0.950 bits per heavy atom. The second kappa shape index (κ2) is 9.39. The van der Waals surface area contributed by atoms with E-state index in [0.29, 0.717) is 0 Å². The molecule has 6 aromatic rings. The monoisotopic (exact) mass is 517 g/mol. The number of anilines is 6. The van der Waals surface area contributed by atoms with E-state index in [2.05, 4.69) is 147 Å². The van der Waals surface area contributed by atoms with Crippen LogP contribution >= 0.6 is 0 Å². The molecule has 0 saturated carbocycles. The maximum absolute atomic E-state index is 4.83. The average Bonchev–Trinajstić information content (AvgIpc) is 2.98. The lowest BCUT2D eigenvalue weighted by atomic mass is 9.97. The van der Waals surface area contributed by atoms with Crippen molar-refractivity contribution in [2.75, 3.05) is 9.80 Å². The molecule has 7 rings (SSSR count). The van der Waals surface area contributed by atoms with Crippen LogP contribution in [-0.4, -0.2) is 4.98 Å². The largest absolute Gasteiger partial charge is 0.306 e. The summed E-state index contributed by atoms with van der Waals surface area (Å²) in [6.07, 6.45) is 1.97. The zero-order valence-electron chi connectivity index (χ0n) is 23.3. The van der Waals surface area contributed by atoms with Gasteiger partial charge in [-0.15, -0.1) is 0 Å². The molecule has 0 amide bonds. The second-order valence-corrected chi connectivity index (χ2v) is 10.8. The highest BCUT2D eigenvalue weighted by molar-refractivity contribution is 6.02. The molecule has 1 aliphatic heterocycles. The van der Waals surface area contributed by atoms with E-state index in [4.69, 9.17) is 4.98 Å². The third-order valence-electron chi connectivity index (χ3n) is 8.19. The molecule has 3 heteroatoms. The second-order valence-electron chi connectivity index (χ2n) is 10.8. The van der Waals surface area contributed by atoms with Gasteiger partial charge in [0.05, 0.1) is 28.4 Å². The topological polar surface area (TPSA) is 19.4 Å². The molecule has 0 spiro atoms. The molecule has 5 aromatic carbocycles. The van der Waals surface area contributed by atoms with Crippen molar-refractivity contribution in [1.82, 2.24) is 4.98 Å². The van der Waals surface area contributed by atoms with Crippen LogP contribution in [0.3, 0.4) is 0 Å². The van der Waals surface area contributed by atoms with E-state index in [1.54, 1.807) is 0 Å². The standard InChI is InChI=1S/C37H31N3/c1-24-17-34-36(19-26(24)3)40(37-20-27(4)25(2)18-35(37)39(34)31-14-6-5-7-15-31)32-16-10-13-29(21-32)33-22-28-11-8-9-12-30(28)23-38-33/h5-23H,1-4H3. The van der Waals surface area contributed by atoms with Gasteiger partial charge < -0.3 is 9.80 Å². The van der Waals surface area contributed by atoms with E-state index in [-0.39, 0.29) is 0 Å². The summed E-state index contributed by atoms with van der Waals surface area (Å²) < 4.78 is 0. The SMILES string of the molecule is Cc1cc2c(cc1C)N(c1cccc(-c3cc4ccccc4cn3)c1)c1cc(C)c(C)cc1N2c1ccccc1. The number of nitrogens with zero attached hydrogens (tertiary/aromatic N) is 3. The van der Waals surface area contributed by atoms with Crippen LogP contribution in [0.25, 0.3) is 22.0 Å². The Hall–Kier alpha value is -4.89. The first kappa shape index (κ1) is 24.2. The van der Waals surface area contributed by atoms with Gasteiger partial charge in [0.2, 0.25) is 0 Å². The van der Waals surface area contributed by atoms with Gasteiger partial charge in [-0.1, -0.05) is 54.6 Å². The third kappa shape index (κ3) is 3.94. The van der Waals surface area contributed by atoms with Gasteiger partial charge in [-0.2, -0.15) is 0 Å². The molecule has 0 bridgehead atoms. The van der Waals surface area contributed by atoms with Crippen LogP contribution in [0.1, 0.15) is 22.3 Å². The summed E-state index contributed by atoms with van der Waals surface area (Å²) in [5.74, 6) is 0. The Labute approximate surface area is 236 Å². The van der Waals surface area contributed by atoms with E-state index in [1.807, 2.05) is 6.20 Å². The van der Waals surface area contributed by atoms with Gasteiger partial charge in [0.1, 0.15) is 0 Å². The maximum Gasteiger partial charge on any atom is 0.0709 e. The van der Waals surface area contributed by atoms with Gasteiger partial charge >= 0.3 is 0 Å². The van der Waals surface area contributed by atoms with Crippen molar-refractivity contribution in [3.8, 4) is 11.3 Å². The summed E-state index contributed by atoms with van der Waals surface area (Å²) in [6, 6.07) is 39.4. The molecule has 0 saturated heterocycles. The smallest absolute Gasteiger partial charge is 0.0709 e. The number of hydrogen-bond donors (Lipinski definition) is 0. The van der Waals surface area contributed by atoms with Crippen LogP contribution in [-0.2, 0) is 0 Å². The first-order valence-corrected chi connectivity index (χ1v) is 13.8. The van der Waals surface area contributed by atoms with Crippen molar-refractivity contribution in [3.05, 3.63) is 138 Å². The summed E-state index contributed by atoms with van der Waals surface area (Å²) in [5, 5.41) is 2.35. The van der Waals surface area contributed by atoms with E-state index in [1.165, 1.54) is 50.4 Å². The highest BCUT2D eigenvalue weighted by Gasteiger charge is 2.31. The highest BCUT2D eigenvalue weighted by Crippen LogP contribution is 2.55. The normalized spacial score (nSPS) is 12.4. The van der Waals surface area contributed by atoms with Crippen molar-refractivity contribution in [3.63, 3.8) is 0 Å². The minimum atomic E-state index is 0.976. The van der Waals surface area contributed by atoms with E-state index in [9.17, 15) is 0 Å². The predicted octanol–water partition coefficient (Wildman–Crippen LogP) is 10.4. The van der Waals surface area contributed by atoms with E-state index >= 15 is 0 Å². The summed E-state index contributed by atoms with van der Waals surface area (Å²) in [5.41, 5.74) is 14.2. The molecule has 1 aliphatic rings. The van der Waals surface area contributed by atoms with Gasteiger partial charge in [-0.3, -0.25) is 4.98 Å². The Morgan fingerprint density at radius 3 is 1.55 bits per heavy atom. The number of hydrogen-bond acceptors (Lipinski definition) is 3. The van der Waals surface area contributed by atoms with Crippen molar-refractivity contribution in [1.29, 1.82) is 0 Å². The van der Waals surface area contributed by atoms with Crippen LogP contribution in [0.4, 0.5) is 34.1 Å². The molecular formula is C37H31N3. The van der Waals surface area contributed by atoms with Crippen LogP contribution in [0.2, 0.25) is 0 Å². The van der Waals surface area contributed by atoms with Crippen LogP contribution in [0.5, 0.6) is 0 Å². The van der Waals surface area contributed by atoms with Gasteiger partial charge in [-0.25, -0.2) is 0 Å². The van der Waals surface area contributed by atoms with Crippen molar-refractivity contribution < 1.29 is 0 Å². The number of aryl methyl sites for hydroxylation is 4. The minimum absolute atomic E-state index is 0.976. The molecule has 3 nitrogen and oxygen atoms in total.